The van der Waals surface area contributed by atoms with Crippen LogP contribution in [0.3, 0.4) is 0 Å². The summed E-state index contributed by atoms with van der Waals surface area (Å²) in [5.41, 5.74) is 5.58. The molecule has 0 bridgehead atoms. The summed E-state index contributed by atoms with van der Waals surface area (Å²) in [4.78, 5) is 36.8. The predicted octanol–water partition coefficient (Wildman–Crippen LogP) is -0.0154. The lowest BCUT2D eigenvalue weighted by atomic mass is 10.4. The highest BCUT2D eigenvalue weighted by Crippen LogP contribution is 2.26. The largest absolute Gasteiger partial charge is 0.454 e. The molecular weight excluding hydrogens is 274 g/mol. The van der Waals surface area contributed by atoms with E-state index >= 15 is 0 Å². The smallest absolute Gasteiger partial charge is 0.326 e. The Labute approximate surface area is 122 Å². The van der Waals surface area contributed by atoms with E-state index in [9.17, 15) is 14.4 Å². The number of pyridine rings is 1. The molecule has 21 heavy (non-hydrogen) atoms. The number of hydrogen-bond donors (Lipinski definition) is 1. The van der Waals surface area contributed by atoms with E-state index in [1.54, 1.807) is 4.90 Å². The zero-order chi connectivity index (χ0) is 15.4. The van der Waals surface area contributed by atoms with Crippen LogP contribution in [0.1, 0.15) is 19.8 Å². The van der Waals surface area contributed by atoms with Crippen LogP contribution in [0, 0.1) is 0 Å². The second-order valence-electron chi connectivity index (χ2n) is 5.00. The van der Waals surface area contributed by atoms with Gasteiger partial charge in [0.05, 0.1) is 0 Å². The van der Waals surface area contributed by atoms with Gasteiger partial charge in [-0.2, -0.15) is 0 Å². The Balaban J connectivity index is 1.85. The molecule has 2 N–H and O–H groups in total. The summed E-state index contributed by atoms with van der Waals surface area (Å²) in [5, 5.41) is 0. The van der Waals surface area contributed by atoms with Gasteiger partial charge in [0, 0.05) is 30.5 Å². The van der Waals surface area contributed by atoms with E-state index in [1.165, 1.54) is 18.3 Å². The van der Waals surface area contributed by atoms with Crippen molar-refractivity contribution in [1.29, 1.82) is 0 Å². The van der Waals surface area contributed by atoms with Gasteiger partial charge in [-0.15, -0.1) is 0 Å². The number of nitrogens with zero attached hydrogens (tertiary/aromatic N) is 2. The highest BCUT2D eigenvalue weighted by molar-refractivity contribution is 5.81. The number of likely N-dealkylation sites (N-methyl/N-ethyl adjacent to an activating group) is 1. The fraction of sp³-hybridized carbons (Fsp3) is 0.500. The first-order chi connectivity index (χ1) is 10.0. The van der Waals surface area contributed by atoms with Crippen LogP contribution in [-0.2, 0) is 20.9 Å². The summed E-state index contributed by atoms with van der Waals surface area (Å²) in [5.74, 6) is -0.837. The Kier molecular flexibility index (Phi) is 4.62. The zero-order valence-corrected chi connectivity index (χ0v) is 11.9. The number of esters is 1. The number of nitrogens with two attached hydrogens (primary N) is 1. The lowest BCUT2D eigenvalue weighted by molar-refractivity contribution is -0.152. The Hall–Kier alpha value is -2.31. The highest BCUT2D eigenvalue weighted by atomic mass is 16.5. The predicted molar refractivity (Wildman–Crippen MR) is 76.5 cm³/mol. The van der Waals surface area contributed by atoms with E-state index < -0.39 is 5.97 Å². The average molecular weight is 293 g/mol. The summed E-state index contributed by atoms with van der Waals surface area (Å²) in [7, 11) is 0. The number of nitrogen functional groups attached to an aromatic ring is 1. The Morgan fingerprint density at radius 2 is 2.14 bits per heavy atom. The maximum atomic E-state index is 11.9. The molecule has 0 radical (unpaired) electrons. The van der Waals surface area contributed by atoms with Gasteiger partial charge in [-0.1, -0.05) is 0 Å². The van der Waals surface area contributed by atoms with Gasteiger partial charge in [0.15, 0.2) is 6.61 Å². The molecule has 0 spiro atoms. The maximum Gasteiger partial charge on any atom is 0.326 e. The third-order valence-electron chi connectivity index (χ3n) is 3.31. The molecule has 0 aliphatic heterocycles. The van der Waals surface area contributed by atoms with E-state index in [-0.39, 0.29) is 30.7 Å². The molecule has 1 aromatic rings. The van der Waals surface area contributed by atoms with Crippen LogP contribution < -0.4 is 11.3 Å². The Bertz CT molecular complexity index is 592. The first kappa shape index (κ1) is 15.1. The molecule has 0 unspecified atom stereocenters. The van der Waals surface area contributed by atoms with Crippen LogP contribution in [0.15, 0.2) is 23.1 Å². The van der Waals surface area contributed by atoms with Gasteiger partial charge in [0.2, 0.25) is 0 Å². The van der Waals surface area contributed by atoms with Gasteiger partial charge in [-0.25, -0.2) is 0 Å². The van der Waals surface area contributed by atoms with Gasteiger partial charge in [0.25, 0.3) is 11.5 Å². The SMILES string of the molecule is CCN(C(=O)COC(=O)Cn1cc(N)ccc1=O)C1CC1. The second kappa shape index (κ2) is 6.43. The standard InChI is InChI=1S/C14H19N3O4/c1-2-17(11-4-5-11)13(19)9-21-14(20)8-16-7-10(15)3-6-12(16)18/h3,6-7,11H,2,4-5,8-9,15H2,1H3. The molecule has 1 amide bonds. The van der Waals surface area contributed by atoms with Crippen molar-refractivity contribution in [3.8, 4) is 0 Å². The number of amides is 1. The van der Waals surface area contributed by atoms with E-state index in [4.69, 9.17) is 10.5 Å². The van der Waals surface area contributed by atoms with Gasteiger partial charge in [0.1, 0.15) is 6.54 Å². The molecule has 0 saturated heterocycles. The van der Waals surface area contributed by atoms with Gasteiger partial charge in [-0.3, -0.25) is 14.4 Å². The van der Waals surface area contributed by atoms with Crippen molar-refractivity contribution in [3.63, 3.8) is 0 Å². The van der Waals surface area contributed by atoms with Crippen LogP contribution in [0.5, 0.6) is 0 Å². The minimum absolute atomic E-state index is 0.201. The van der Waals surface area contributed by atoms with E-state index in [0.717, 1.165) is 17.4 Å². The molecule has 0 atom stereocenters. The van der Waals surface area contributed by atoms with Crippen LogP contribution in [0.25, 0.3) is 0 Å². The van der Waals surface area contributed by atoms with Crippen molar-refractivity contribution < 1.29 is 14.3 Å². The van der Waals surface area contributed by atoms with Gasteiger partial charge >= 0.3 is 5.97 Å². The minimum Gasteiger partial charge on any atom is -0.454 e. The van der Waals surface area contributed by atoms with Crippen LogP contribution in [0.2, 0.25) is 0 Å². The molecule has 7 heteroatoms. The molecule has 2 rings (SSSR count). The molecule has 1 aromatic heterocycles. The van der Waals surface area contributed by atoms with Crippen LogP contribution in [-0.4, -0.2) is 40.5 Å². The number of carbonyl (C=O) groups is 2. The molecule has 1 aliphatic rings. The van der Waals surface area contributed by atoms with Crippen LogP contribution in [0.4, 0.5) is 5.69 Å². The quantitative estimate of drug-likeness (QED) is 0.744. The third kappa shape index (κ3) is 4.08. The molecule has 1 heterocycles. The van der Waals surface area contributed by atoms with Crippen molar-refractivity contribution in [1.82, 2.24) is 9.47 Å². The lowest BCUT2D eigenvalue weighted by Gasteiger charge is -2.20. The maximum absolute atomic E-state index is 11.9. The van der Waals surface area contributed by atoms with E-state index in [1.807, 2.05) is 6.92 Å². The molecule has 0 aromatic carbocycles. The number of ether oxygens (including phenoxy) is 1. The fourth-order valence-electron chi connectivity index (χ4n) is 2.11. The zero-order valence-electron chi connectivity index (χ0n) is 11.9. The van der Waals surface area contributed by atoms with Crippen molar-refractivity contribution in [2.24, 2.45) is 0 Å². The summed E-state index contributed by atoms with van der Waals surface area (Å²) in [6.45, 7) is 1.95. The lowest BCUT2D eigenvalue weighted by Crippen LogP contribution is -2.36. The summed E-state index contributed by atoms with van der Waals surface area (Å²) in [6, 6.07) is 3.03. The highest BCUT2D eigenvalue weighted by Gasteiger charge is 2.31. The van der Waals surface area contributed by atoms with Crippen molar-refractivity contribution in [3.05, 3.63) is 28.7 Å². The number of carbonyl (C=O) groups excluding carboxylic acids is 2. The number of rotatable bonds is 6. The molecule has 1 aliphatic carbocycles. The molecule has 7 nitrogen and oxygen atoms in total. The number of aromatic nitrogens is 1. The fourth-order valence-corrected chi connectivity index (χ4v) is 2.11. The summed E-state index contributed by atoms with van der Waals surface area (Å²) in [6.07, 6.45) is 3.38. The minimum atomic E-state index is -0.636. The molecule has 1 fully saturated rings. The Morgan fingerprint density at radius 1 is 1.43 bits per heavy atom. The summed E-state index contributed by atoms with van der Waals surface area (Å²) >= 11 is 0. The van der Waals surface area contributed by atoms with E-state index in [2.05, 4.69) is 0 Å². The normalized spacial score (nSPS) is 13.8. The van der Waals surface area contributed by atoms with Crippen molar-refractivity contribution in [2.45, 2.75) is 32.4 Å². The van der Waals surface area contributed by atoms with Crippen molar-refractivity contribution in [2.75, 3.05) is 18.9 Å². The Morgan fingerprint density at radius 3 is 2.76 bits per heavy atom. The molecule has 1 saturated carbocycles. The van der Waals surface area contributed by atoms with Crippen LogP contribution >= 0.6 is 0 Å². The first-order valence-electron chi connectivity index (χ1n) is 6.92. The van der Waals surface area contributed by atoms with E-state index in [0.29, 0.717) is 12.2 Å². The molecule has 114 valence electrons. The second-order valence-corrected chi connectivity index (χ2v) is 5.00. The van der Waals surface area contributed by atoms with Gasteiger partial charge < -0.3 is 19.9 Å². The first-order valence-corrected chi connectivity index (χ1v) is 6.92. The summed E-state index contributed by atoms with van der Waals surface area (Å²) < 4.78 is 6.09. The number of hydrogen-bond acceptors (Lipinski definition) is 5. The van der Waals surface area contributed by atoms with Gasteiger partial charge in [-0.05, 0) is 25.8 Å². The average Bonchev–Trinajstić information content (AvgIpc) is 3.26. The topological polar surface area (TPSA) is 94.6 Å². The van der Waals surface area contributed by atoms with Crippen molar-refractivity contribution >= 4 is 17.6 Å². The monoisotopic (exact) mass is 293 g/mol. The number of anilines is 1. The third-order valence-corrected chi connectivity index (χ3v) is 3.31. The molecular formula is C14H19N3O4.